The molecule has 1 N–H and O–H groups in total. The van der Waals surface area contributed by atoms with Crippen LogP contribution in [0.2, 0.25) is 0 Å². The molecule has 0 bridgehead atoms. The summed E-state index contributed by atoms with van der Waals surface area (Å²) in [5.41, 5.74) is 0. The molecule has 0 aromatic carbocycles. The highest BCUT2D eigenvalue weighted by Crippen LogP contribution is 2.17. The predicted octanol–water partition coefficient (Wildman–Crippen LogP) is 1.41. The smallest absolute Gasteiger partial charge is 0.247 e. The molecule has 0 aliphatic carbocycles. The molecule has 0 aliphatic rings. The molecule has 0 unspecified atom stereocenters. The van der Waals surface area contributed by atoms with Crippen LogP contribution in [0.5, 0.6) is 0 Å². The van der Waals surface area contributed by atoms with E-state index in [0.29, 0.717) is 0 Å². The number of aliphatic hydroxyl groups excluding tert-OH is 1. The number of hydrogen-bond donors (Lipinski definition) is 1. The van der Waals surface area contributed by atoms with Gasteiger partial charge < -0.3 is 5.11 Å². The minimum atomic E-state index is -2.73. The first-order chi connectivity index (χ1) is 3.42. The summed E-state index contributed by atoms with van der Waals surface area (Å²) in [5.74, 6) is -2.73. The third-order valence-corrected chi connectivity index (χ3v) is 0.654. The first-order valence-electron chi connectivity index (χ1n) is 2.48. The molecule has 0 rings (SSSR count). The number of aliphatic hydroxyl groups is 1. The lowest BCUT2D eigenvalue weighted by molar-refractivity contribution is -0.0228. The van der Waals surface area contributed by atoms with Crippen LogP contribution >= 0.6 is 0 Å². The summed E-state index contributed by atoms with van der Waals surface area (Å²) >= 11 is 0. The normalized spacial score (nSPS) is 16.1. The zero-order valence-electron chi connectivity index (χ0n) is 4.99. The molecule has 0 saturated heterocycles. The Morgan fingerprint density at radius 1 is 1.62 bits per heavy atom. The van der Waals surface area contributed by atoms with Crippen molar-refractivity contribution in [2.75, 3.05) is 0 Å². The van der Waals surface area contributed by atoms with Crippen LogP contribution in [-0.2, 0) is 0 Å². The maximum absolute atomic E-state index is 11.8. The summed E-state index contributed by atoms with van der Waals surface area (Å²) < 4.78 is 23.6. The number of halogens is 2. The Hall–Kier alpha value is -0.180. The summed E-state index contributed by atoms with van der Waals surface area (Å²) in [5, 5.41) is 8.41. The fourth-order valence-corrected chi connectivity index (χ4v) is 0.519. The van der Waals surface area contributed by atoms with Gasteiger partial charge in [-0.2, -0.15) is 0 Å². The van der Waals surface area contributed by atoms with Gasteiger partial charge >= 0.3 is 0 Å². The Bertz CT molecular complexity index is 65.3. The van der Waals surface area contributed by atoms with Crippen LogP contribution in [0, 0.1) is 0 Å². The van der Waals surface area contributed by atoms with Crippen molar-refractivity contribution in [3.63, 3.8) is 0 Å². The van der Waals surface area contributed by atoms with E-state index < -0.39 is 18.4 Å². The lowest BCUT2D eigenvalue weighted by Crippen LogP contribution is -2.17. The molecule has 1 nitrogen and oxygen atoms in total. The molecule has 50 valence electrons. The van der Waals surface area contributed by atoms with Gasteiger partial charge in [-0.3, -0.25) is 0 Å². The molecule has 0 saturated carbocycles. The molecular formula is C5H10F2O. The standard InChI is InChI=1S/C5H10F2O/c1-4(8)3-5(2,6)7/h4,8H,3H2,1-2H3/t4-/m0/s1. The Morgan fingerprint density at radius 3 is 2.00 bits per heavy atom. The SMILES string of the molecule is C[C@H](O)CC(C)(F)F. The first kappa shape index (κ1) is 7.82. The van der Waals surface area contributed by atoms with E-state index in [4.69, 9.17) is 5.11 Å². The highest BCUT2D eigenvalue weighted by atomic mass is 19.3. The molecule has 0 fully saturated rings. The van der Waals surface area contributed by atoms with E-state index in [0.717, 1.165) is 6.92 Å². The third kappa shape index (κ3) is 5.82. The summed E-state index contributed by atoms with van der Waals surface area (Å²) in [6.45, 7) is 2.14. The molecule has 0 amide bonds. The van der Waals surface area contributed by atoms with Crippen molar-refractivity contribution >= 4 is 0 Å². The second kappa shape index (κ2) is 2.40. The van der Waals surface area contributed by atoms with Crippen LogP contribution < -0.4 is 0 Å². The van der Waals surface area contributed by atoms with Crippen LogP contribution in [0.25, 0.3) is 0 Å². The minimum Gasteiger partial charge on any atom is -0.393 e. The van der Waals surface area contributed by atoms with Crippen molar-refractivity contribution in [2.24, 2.45) is 0 Å². The molecule has 0 spiro atoms. The first-order valence-corrected chi connectivity index (χ1v) is 2.48. The Labute approximate surface area is 47.3 Å². The molecule has 0 heterocycles. The number of hydrogen-bond acceptors (Lipinski definition) is 1. The molecule has 3 heteroatoms. The van der Waals surface area contributed by atoms with Crippen molar-refractivity contribution in [3.8, 4) is 0 Å². The average Bonchev–Trinajstić information content (AvgIpc) is 1.21. The minimum absolute atomic E-state index is 0.451. The van der Waals surface area contributed by atoms with E-state index in [9.17, 15) is 8.78 Å². The molecule has 0 radical (unpaired) electrons. The van der Waals surface area contributed by atoms with Crippen LogP contribution in [0.1, 0.15) is 20.3 Å². The van der Waals surface area contributed by atoms with Gasteiger partial charge in [-0.25, -0.2) is 8.78 Å². The van der Waals surface area contributed by atoms with Crippen LogP contribution in [0.4, 0.5) is 8.78 Å². The maximum Gasteiger partial charge on any atom is 0.247 e. The van der Waals surface area contributed by atoms with Crippen LogP contribution in [0.15, 0.2) is 0 Å². The van der Waals surface area contributed by atoms with Gasteiger partial charge in [-0.15, -0.1) is 0 Å². The second-order valence-electron chi connectivity index (χ2n) is 2.12. The van der Waals surface area contributed by atoms with Crippen molar-refractivity contribution in [1.82, 2.24) is 0 Å². The van der Waals surface area contributed by atoms with Gasteiger partial charge in [0.25, 0.3) is 0 Å². The highest BCUT2D eigenvalue weighted by Gasteiger charge is 2.22. The molecule has 0 aromatic rings. The average molecular weight is 124 g/mol. The van der Waals surface area contributed by atoms with E-state index in [2.05, 4.69) is 0 Å². The summed E-state index contributed by atoms with van der Waals surface area (Å²) in [6, 6.07) is 0. The Balaban J connectivity index is 3.39. The Morgan fingerprint density at radius 2 is 2.00 bits per heavy atom. The second-order valence-corrected chi connectivity index (χ2v) is 2.12. The lowest BCUT2D eigenvalue weighted by atomic mass is 10.2. The van der Waals surface area contributed by atoms with Gasteiger partial charge in [0, 0.05) is 6.42 Å². The maximum atomic E-state index is 11.8. The van der Waals surface area contributed by atoms with E-state index in [-0.39, 0.29) is 0 Å². The third-order valence-electron chi connectivity index (χ3n) is 0.654. The summed E-state index contributed by atoms with van der Waals surface area (Å²) in [6.07, 6.45) is -1.36. The van der Waals surface area contributed by atoms with Gasteiger partial charge in [0.05, 0.1) is 6.10 Å². The quantitative estimate of drug-likeness (QED) is 0.590. The zero-order chi connectivity index (χ0) is 6.78. The molecule has 1 atom stereocenters. The topological polar surface area (TPSA) is 20.2 Å². The largest absolute Gasteiger partial charge is 0.393 e. The highest BCUT2D eigenvalue weighted by molar-refractivity contribution is 4.61. The fraction of sp³-hybridized carbons (Fsp3) is 1.00. The molecule has 8 heavy (non-hydrogen) atoms. The molecule has 0 aliphatic heterocycles. The summed E-state index contributed by atoms with van der Waals surface area (Å²) in [7, 11) is 0. The zero-order valence-corrected chi connectivity index (χ0v) is 4.99. The predicted molar refractivity (Wildman–Crippen MR) is 26.9 cm³/mol. The van der Waals surface area contributed by atoms with Crippen LogP contribution in [0.3, 0.4) is 0 Å². The van der Waals surface area contributed by atoms with E-state index in [1.54, 1.807) is 0 Å². The van der Waals surface area contributed by atoms with Gasteiger partial charge in [0.1, 0.15) is 0 Å². The van der Waals surface area contributed by atoms with Crippen LogP contribution in [-0.4, -0.2) is 17.1 Å². The van der Waals surface area contributed by atoms with Gasteiger partial charge in [0.15, 0.2) is 0 Å². The molecule has 0 aromatic heterocycles. The summed E-state index contributed by atoms with van der Waals surface area (Å²) in [4.78, 5) is 0. The number of rotatable bonds is 2. The van der Waals surface area contributed by atoms with Crippen molar-refractivity contribution in [1.29, 1.82) is 0 Å². The van der Waals surface area contributed by atoms with Crippen molar-refractivity contribution < 1.29 is 13.9 Å². The van der Waals surface area contributed by atoms with E-state index in [1.807, 2.05) is 0 Å². The monoisotopic (exact) mass is 124 g/mol. The van der Waals surface area contributed by atoms with E-state index in [1.165, 1.54) is 6.92 Å². The number of alkyl halides is 2. The van der Waals surface area contributed by atoms with Gasteiger partial charge in [-0.05, 0) is 13.8 Å². The fourth-order valence-electron chi connectivity index (χ4n) is 0.519. The lowest BCUT2D eigenvalue weighted by Gasteiger charge is -2.10. The van der Waals surface area contributed by atoms with Gasteiger partial charge in [0.2, 0.25) is 5.92 Å². The molecular weight excluding hydrogens is 114 g/mol. The van der Waals surface area contributed by atoms with Crippen molar-refractivity contribution in [3.05, 3.63) is 0 Å². The van der Waals surface area contributed by atoms with E-state index >= 15 is 0 Å². The van der Waals surface area contributed by atoms with Crippen molar-refractivity contribution in [2.45, 2.75) is 32.3 Å². The van der Waals surface area contributed by atoms with Gasteiger partial charge in [-0.1, -0.05) is 0 Å². The Kier molecular flexibility index (Phi) is 2.34.